The average Bonchev–Trinajstić information content (AvgIpc) is 3.23. The third-order valence-corrected chi connectivity index (χ3v) is 4.77. The van der Waals surface area contributed by atoms with Crippen LogP contribution < -0.4 is 10.6 Å². The molecule has 0 spiro atoms. The number of nitrogens with zero attached hydrogens (tertiary/aromatic N) is 1. The van der Waals surface area contributed by atoms with Crippen molar-refractivity contribution in [1.82, 2.24) is 15.5 Å². The summed E-state index contributed by atoms with van der Waals surface area (Å²) in [5.74, 6) is 0.676. The van der Waals surface area contributed by atoms with Gasteiger partial charge in [-0.1, -0.05) is 18.2 Å². The van der Waals surface area contributed by atoms with Crippen LogP contribution in [0.2, 0.25) is 0 Å². The zero-order valence-electron chi connectivity index (χ0n) is 13.5. The molecule has 2 heterocycles. The van der Waals surface area contributed by atoms with Gasteiger partial charge in [-0.2, -0.15) is 0 Å². The van der Waals surface area contributed by atoms with Crippen molar-refractivity contribution < 1.29 is 9.59 Å². The van der Waals surface area contributed by atoms with Crippen molar-refractivity contribution in [2.45, 2.75) is 31.6 Å². The van der Waals surface area contributed by atoms with Gasteiger partial charge in [0.2, 0.25) is 5.91 Å². The Morgan fingerprint density at radius 3 is 2.96 bits per heavy atom. The molecular weight excluding hydrogens is 290 g/mol. The first-order chi connectivity index (χ1) is 11.3. The summed E-state index contributed by atoms with van der Waals surface area (Å²) in [5, 5.41) is 6.36. The van der Waals surface area contributed by atoms with Crippen molar-refractivity contribution in [3.05, 3.63) is 35.4 Å². The quantitative estimate of drug-likeness (QED) is 0.782. The molecule has 1 unspecified atom stereocenters. The second kappa shape index (κ2) is 7.59. The van der Waals surface area contributed by atoms with Gasteiger partial charge in [0.25, 0.3) is 5.91 Å². The minimum absolute atomic E-state index is 0.000230. The molecule has 0 saturated carbocycles. The lowest BCUT2D eigenvalue weighted by atomic mass is 9.93. The van der Waals surface area contributed by atoms with Gasteiger partial charge in [-0.05, 0) is 43.4 Å². The van der Waals surface area contributed by atoms with Crippen LogP contribution in [0.4, 0.5) is 0 Å². The predicted molar refractivity (Wildman–Crippen MR) is 89.4 cm³/mol. The molecule has 0 radical (unpaired) electrons. The lowest BCUT2D eigenvalue weighted by Gasteiger charge is -2.16. The van der Waals surface area contributed by atoms with E-state index in [1.165, 1.54) is 0 Å². The largest absolute Gasteiger partial charge is 0.352 e. The maximum absolute atomic E-state index is 12.5. The van der Waals surface area contributed by atoms with Crippen LogP contribution in [0.25, 0.3) is 0 Å². The third-order valence-electron chi connectivity index (χ3n) is 4.77. The highest BCUT2D eigenvalue weighted by atomic mass is 16.2. The molecule has 1 atom stereocenters. The number of hydrogen-bond donors (Lipinski definition) is 2. The molecule has 2 aliphatic rings. The monoisotopic (exact) mass is 315 g/mol. The second-order valence-corrected chi connectivity index (χ2v) is 6.37. The summed E-state index contributed by atoms with van der Waals surface area (Å²) in [6, 6.07) is 7.90. The Morgan fingerprint density at radius 2 is 2.22 bits per heavy atom. The summed E-state index contributed by atoms with van der Waals surface area (Å²) in [5.41, 5.74) is 1.93. The van der Waals surface area contributed by atoms with Crippen molar-refractivity contribution in [3.8, 4) is 0 Å². The molecule has 2 fully saturated rings. The lowest BCUT2D eigenvalue weighted by Crippen LogP contribution is -2.31. The Balaban J connectivity index is 1.51. The van der Waals surface area contributed by atoms with Crippen LogP contribution >= 0.6 is 0 Å². The van der Waals surface area contributed by atoms with Crippen molar-refractivity contribution in [2.75, 3.05) is 32.7 Å². The number of rotatable bonds is 6. The fourth-order valence-electron chi connectivity index (χ4n) is 3.49. The molecule has 1 aromatic carbocycles. The number of likely N-dealkylation sites (tertiary alicyclic amines) is 1. The van der Waals surface area contributed by atoms with E-state index in [2.05, 4.69) is 16.7 Å². The van der Waals surface area contributed by atoms with E-state index in [0.29, 0.717) is 18.9 Å². The van der Waals surface area contributed by atoms with Gasteiger partial charge in [-0.25, -0.2) is 0 Å². The minimum Gasteiger partial charge on any atom is -0.352 e. The van der Waals surface area contributed by atoms with Gasteiger partial charge >= 0.3 is 0 Å². The predicted octanol–water partition coefficient (Wildman–Crippen LogP) is 1.51. The molecule has 0 aliphatic carbocycles. The maximum atomic E-state index is 12.5. The molecule has 2 aliphatic heterocycles. The average molecular weight is 315 g/mol. The highest BCUT2D eigenvalue weighted by molar-refractivity contribution is 5.95. The van der Waals surface area contributed by atoms with Gasteiger partial charge < -0.3 is 15.5 Å². The molecule has 1 aromatic rings. The Bertz CT molecular complexity index is 567. The first kappa shape index (κ1) is 16.0. The van der Waals surface area contributed by atoms with Gasteiger partial charge in [0.05, 0.1) is 0 Å². The molecule has 2 amide bonds. The van der Waals surface area contributed by atoms with Crippen LogP contribution in [0.15, 0.2) is 24.3 Å². The van der Waals surface area contributed by atoms with E-state index in [1.807, 2.05) is 23.1 Å². The van der Waals surface area contributed by atoms with Crippen molar-refractivity contribution in [1.29, 1.82) is 0 Å². The molecule has 124 valence electrons. The van der Waals surface area contributed by atoms with Crippen LogP contribution in [0, 0.1) is 0 Å². The number of amides is 2. The summed E-state index contributed by atoms with van der Waals surface area (Å²) < 4.78 is 0. The van der Waals surface area contributed by atoms with E-state index in [-0.39, 0.29) is 11.8 Å². The van der Waals surface area contributed by atoms with Crippen LogP contribution in [-0.2, 0) is 4.79 Å². The van der Waals surface area contributed by atoms with Crippen LogP contribution in [0.1, 0.15) is 47.5 Å². The van der Waals surface area contributed by atoms with E-state index >= 15 is 0 Å². The van der Waals surface area contributed by atoms with E-state index in [0.717, 1.165) is 56.6 Å². The molecule has 3 rings (SSSR count). The Kier molecular flexibility index (Phi) is 5.28. The summed E-state index contributed by atoms with van der Waals surface area (Å²) >= 11 is 0. The van der Waals surface area contributed by atoms with Crippen LogP contribution in [0.5, 0.6) is 0 Å². The second-order valence-electron chi connectivity index (χ2n) is 6.37. The topological polar surface area (TPSA) is 61.4 Å². The number of benzene rings is 1. The number of carbonyl (C=O) groups is 2. The van der Waals surface area contributed by atoms with Crippen LogP contribution in [0.3, 0.4) is 0 Å². The first-order valence-electron chi connectivity index (χ1n) is 8.61. The lowest BCUT2D eigenvalue weighted by molar-refractivity contribution is -0.127. The van der Waals surface area contributed by atoms with Crippen molar-refractivity contribution >= 4 is 11.8 Å². The highest BCUT2D eigenvalue weighted by Gasteiger charge is 2.22. The molecular formula is C18H25N3O2. The third kappa shape index (κ3) is 3.91. The highest BCUT2D eigenvalue weighted by Crippen LogP contribution is 2.25. The molecule has 0 bridgehead atoms. The van der Waals surface area contributed by atoms with Gasteiger partial charge in [0.15, 0.2) is 0 Å². The normalized spacial score (nSPS) is 21.0. The summed E-state index contributed by atoms with van der Waals surface area (Å²) in [4.78, 5) is 25.9. The fourth-order valence-corrected chi connectivity index (χ4v) is 3.49. The Labute approximate surface area is 137 Å². The van der Waals surface area contributed by atoms with Gasteiger partial charge in [-0.15, -0.1) is 0 Å². The van der Waals surface area contributed by atoms with Gasteiger partial charge in [0, 0.05) is 38.2 Å². The van der Waals surface area contributed by atoms with Gasteiger partial charge in [-0.3, -0.25) is 9.59 Å². The molecule has 23 heavy (non-hydrogen) atoms. The molecule has 2 N–H and O–H groups in total. The zero-order chi connectivity index (χ0) is 16.1. The summed E-state index contributed by atoms with van der Waals surface area (Å²) in [6.07, 6.45) is 3.54. The molecule has 5 nitrogen and oxygen atoms in total. The zero-order valence-corrected chi connectivity index (χ0v) is 13.5. The molecule has 5 heteroatoms. The summed E-state index contributed by atoms with van der Waals surface area (Å²) in [7, 11) is 0. The molecule has 2 saturated heterocycles. The van der Waals surface area contributed by atoms with Gasteiger partial charge in [0.1, 0.15) is 0 Å². The number of nitrogens with one attached hydrogen (secondary N) is 2. The van der Waals surface area contributed by atoms with E-state index in [1.54, 1.807) is 0 Å². The Morgan fingerprint density at radius 1 is 1.35 bits per heavy atom. The summed E-state index contributed by atoms with van der Waals surface area (Å²) in [6.45, 7) is 4.18. The minimum atomic E-state index is 0.000230. The maximum Gasteiger partial charge on any atom is 0.251 e. The van der Waals surface area contributed by atoms with Crippen LogP contribution in [-0.4, -0.2) is 49.4 Å². The SMILES string of the molecule is O=C(NCCCN1CCCC1=O)c1ccccc1C1CCNC1. The first-order valence-corrected chi connectivity index (χ1v) is 8.61. The van der Waals surface area contributed by atoms with E-state index < -0.39 is 0 Å². The smallest absolute Gasteiger partial charge is 0.251 e. The Hall–Kier alpha value is -1.88. The standard InChI is InChI=1S/C18H25N3O2/c22-17-7-3-11-21(17)12-4-9-20-18(23)16-6-2-1-5-15(16)14-8-10-19-13-14/h1-2,5-6,14,19H,3-4,7-13H2,(H,20,23). The fraction of sp³-hybridized carbons (Fsp3) is 0.556. The van der Waals surface area contributed by atoms with E-state index in [4.69, 9.17) is 0 Å². The van der Waals surface area contributed by atoms with Crippen molar-refractivity contribution in [3.63, 3.8) is 0 Å². The van der Waals surface area contributed by atoms with E-state index in [9.17, 15) is 9.59 Å². The number of carbonyl (C=O) groups excluding carboxylic acids is 2. The van der Waals surface area contributed by atoms with Crippen molar-refractivity contribution in [2.24, 2.45) is 0 Å². The molecule has 0 aromatic heterocycles. The number of hydrogen-bond acceptors (Lipinski definition) is 3.